The van der Waals surface area contributed by atoms with Gasteiger partial charge in [-0.15, -0.1) is 24.0 Å². The van der Waals surface area contributed by atoms with Crippen LogP contribution in [0.15, 0.2) is 35.3 Å². The van der Waals surface area contributed by atoms with Gasteiger partial charge in [-0.3, -0.25) is 9.89 Å². The summed E-state index contributed by atoms with van der Waals surface area (Å²) in [7, 11) is 3.15. The maximum absolute atomic E-state index is 12.2. The summed E-state index contributed by atoms with van der Waals surface area (Å²) < 4.78 is 36.6. The molecule has 4 nitrogen and oxygen atoms in total. The molecule has 1 rings (SSSR count). The lowest BCUT2D eigenvalue weighted by Crippen LogP contribution is -2.40. The smallest absolute Gasteiger partial charge is 0.356 e. The van der Waals surface area contributed by atoms with Crippen LogP contribution in [-0.2, 0) is 6.42 Å². The molecule has 2 N–H and O–H groups in total. The third-order valence-electron chi connectivity index (χ3n) is 3.23. The molecule has 0 saturated carbocycles. The van der Waals surface area contributed by atoms with Crippen LogP contribution in [0, 0.1) is 0 Å². The Morgan fingerprint density at radius 2 is 1.75 bits per heavy atom. The second-order valence-corrected chi connectivity index (χ2v) is 5.37. The fraction of sp³-hybridized carbons (Fsp3) is 0.562. The van der Waals surface area contributed by atoms with Crippen molar-refractivity contribution < 1.29 is 13.2 Å². The van der Waals surface area contributed by atoms with Crippen molar-refractivity contribution in [1.29, 1.82) is 0 Å². The second-order valence-electron chi connectivity index (χ2n) is 5.37. The highest BCUT2D eigenvalue weighted by atomic mass is 127. The molecule has 0 amide bonds. The molecule has 0 spiro atoms. The normalized spacial score (nSPS) is 12.0. The summed E-state index contributed by atoms with van der Waals surface area (Å²) in [6.45, 7) is 0.829. The predicted octanol–water partition coefficient (Wildman–Crippen LogP) is 2.90. The highest BCUT2D eigenvalue weighted by Gasteiger charge is 2.28. The molecule has 0 aliphatic carbocycles. The van der Waals surface area contributed by atoms with E-state index in [-0.39, 0.29) is 24.0 Å². The Balaban J connectivity index is 0.00000529. The molecule has 138 valence electrons. The van der Waals surface area contributed by atoms with Gasteiger partial charge in [-0.25, -0.2) is 0 Å². The van der Waals surface area contributed by atoms with Crippen molar-refractivity contribution in [3.05, 3.63) is 35.9 Å². The molecule has 8 heteroatoms. The topological polar surface area (TPSA) is 39.7 Å². The number of hydrogen-bond donors (Lipinski definition) is 2. The van der Waals surface area contributed by atoms with Crippen LogP contribution in [0.25, 0.3) is 0 Å². The van der Waals surface area contributed by atoms with E-state index >= 15 is 0 Å². The van der Waals surface area contributed by atoms with Gasteiger partial charge in [0, 0.05) is 20.1 Å². The first kappa shape index (κ1) is 23.0. The summed E-state index contributed by atoms with van der Waals surface area (Å²) in [6.07, 6.45) is -2.64. The number of nitrogens with one attached hydrogen (secondary N) is 2. The minimum Gasteiger partial charge on any atom is -0.356 e. The van der Waals surface area contributed by atoms with Crippen LogP contribution in [0.2, 0.25) is 0 Å². The molecule has 0 aliphatic heterocycles. The van der Waals surface area contributed by atoms with Gasteiger partial charge in [0.05, 0.1) is 6.54 Å². The Bertz CT molecular complexity index is 466. The maximum Gasteiger partial charge on any atom is 0.401 e. The van der Waals surface area contributed by atoms with Crippen molar-refractivity contribution in [2.45, 2.75) is 19.0 Å². The van der Waals surface area contributed by atoms with Gasteiger partial charge in [-0.05, 0) is 32.0 Å². The average molecular weight is 458 g/mol. The summed E-state index contributed by atoms with van der Waals surface area (Å²) in [5.74, 6) is 0.666. The zero-order valence-electron chi connectivity index (χ0n) is 14.1. The van der Waals surface area contributed by atoms with Gasteiger partial charge in [0.25, 0.3) is 0 Å². The maximum atomic E-state index is 12.2. The van der Waals surface area contributed by atoms with Crippen molar-refractivity contribution in [3.63, 3.8) is 0 Å². The minimum atomic E-state index is -4.14. The number of rotatable bonds is 8. The van der Waals surface area contributed by atoms with Crippen LogP contribution in [0.3, 0.4) is 0 Å². The lowest BCUT2D eigenvalue weighted by Gasteiger charge is -2.19. The number of alkyl halides is 3. The Morgan fingerprint density at radius 3 is 2.33 bits per heavy atom. The number of aliphatic imine (C=N–C) groups is 1. The highest BCUT2D eigenvalue weighted by molar-refractivity contribution is 14.0. The highest BCUT2D eigenvalue weighted by Crippen LogP contribution is 2.15. The Hall–Kier alpha value is -1.03. The second kappa shape index (κ2) is 12.3. The summed E-state index contributed by atoms with van der Waals surface area (Å²) in [6, 6.07) is 10.1. The number of benzene rings is 1. The molecular weight excluding hydrogens is 432 g/mol. The Kier molecular flexibility index (Phi) is 11.8. The van der Waals surface area contributed by atoms with E-state index in [0.717, 1.165) is 13.0 Å². The zero-order chi connectivity index (χ0) is 17.1. The van der Waals surface area contributed by atoms with E-state index in [0.29, 0.717) is 25.5 Å². The third-order valence-corrected chi connectivity index (χ3v) is 3.23. The van der Waals surface area contributed by atoms with Gasteiger partial charge in [-0.2, -0.15) is 13.2 Å². The summed E-state index contributed by atoms with van der Waals surface area (Å²) in [5, 5.41) is 6.29. The summed E-state index contributed by atoms with van der Waals surface area (Å²) in [5.41, 5.74) is 1.24. The molecule has 0 fully saturated rings. The van der Waals surface area contributed by atoms with Crippen LogP contribution in [0.4, 0.5) is 13.2 Å². The fourth-order valence-corrected chi connectivity index (χ4v) is 2.13. The van der Waals surface area contributed by atoms with Gasteiger partial charge in [-0.1, -0.05) is 30.3 Å². The van der Waals surface area contributed by atoms with Gasteiger partial charge in [0.15, 0.2) is 5.96 Å². The van der Waals surface area contributed by atoms with E-state index in [1.54, 1.807) is 7.05 Å². The van der Waals surface area contributed by atoms with Gasteiger partial charge >= 0.3 is 6.18 Å². The molecule has 0 atom stereocenters. The lowest BCUT2D eigenvalue weighted by molar-refractivity contribution is -0.143. The van der Waals surface area contributed by atoms with E-state index in [9.17, 15) is 13.2 Å². The van der Waals surface area contributed by atoms with Gasteiger partial charge < -0.3 is 10.6 Å². The standard InChI is InChI=1S/C16H25F3N4.HI/c1-20-15(22-11-9-14-7-4-3-5-8-14)21-10-6-12-23(2)13-16(17,18)19;/h3-5,7-8H,6,9-13H2,1-2H3,(H2,20,21,22);1H. The first-order chi connectivity index (χ1) is 10.9. The van der Waals surface area contributed by atoms with E-state index in [2.05, 4.69) is 27.8 Å². The van der Waals surface area contributed by atoms with Crippen molar-refractivity contribution in [3.8, 4) is 0 Å². The van der Waals surface area contributed by atoms with Crippen molar-refractivity contribution in [2.75, 3.05) is 40.3 Å². The number of halogens is 4. The Labute approximate surface area is 158 Å². The number of nitrogens with zero attached hydrogens (tertiary/aromatic N) is 2. The monoisotopic (exact) mass is 458 g/mol. The van der Waals surface area contributed by atoms with Crippen LogP contribution in [-0.4, -0.2) is 57.3 Å². The van der Waals surface area contributed by atoms with Crippen LogP contribution >= 0.6 is 24.0 Å². The molecule has 0 bridgehead atoms. The molecule has 1 aromatic rings. The molecule has 0 unspecified atom stereocenters. The molecular formula is C16H26F3IN4. The van der Waals surface area contributed by atoms with E-state index in [4.69, 9.17) is 0 Å². The third kappa shape index (κ3) is 11.5. The molecule has 24 heavy (non-hydrogen) atoms. The van der Waals surface area contributed by atoms with Crippen molar-refractivity contribution in [1.82, 2.24) is 15.5 Å². The molecule has 1 aromatic carbocycles. The van der Waals surface area contributed by atoms with Crippen molar-refractivity contribution >= 4 is 29.9 Å². The molecule has 0 aromatic heterocycles. The quantitative estimate of drug-likeness (QED) is 0.273. The first-order valence-electron chi connectivity index (χ1n) is 7.64. The van der Waals surface area contributed by atoms with E-state index in [1.165, 1.54) is 17.5 Å². The van der Waals surface area contributed by atoms with Crippen LogP contribution < -0.4 is 10.6 Å². The Morgan fingerprint density at radius 1 is 1.12 bits per heavy atom. The van der Waals surface area contributed by atoms with E-state index in [1.807, 2.05) is 18.2 Å². The van der Waals surface area contributed by atoms with Crippen LogP contribution in [0.5, 0.6) is 0 Å². The van der Waals surface area contributed by atoms with Crippen molar-refractivity contribution in [2.24, 2.45) is 4.99 Å². The number of guanidine groups is 1. The predicted molar refractivity (Wildman–Crippen MR) is 103 cm³/mol. The van der Waals surface area contributed by atoms with Crippen LogP contribution in [0.1, 0.15) is 12.0 Å². The van der Waals surface area contributed by atoms with Gasteiger partial charge in [0.1, 0.15) is 0 Å². The molecule has 0 aliphatic rings. The summed E-state index contributed by atoms with van der Waals surface area (Å²) >= 11 is 0. The average Bonchev–Trinajstić information content (AvgIpc) is 2.49. The fourth-order valence-electron chi connectivity index (χ4n) is 2.13. The largest absolute Gasteiger partial charge is 0.401 e. The zero-order valence-corrected chi connectivity index (χ0v) is 16.4. The SMILES string of the molecule is CN=C(NCCCN(C)CC(F)(F)F)NCCc1ccccc1.I. The summed E-state index contributed by atoms with van der Waals surface area (Å²) in [4.78, 5) is 5.37. The number of hydrogen-bond acceptors (Lipinski definition) is 2. The lowest BCUT2D eigenvalue weighted by atomic mass is 10.1. The van der Waals surface area contributed by atoms with Gasteiger partial charge in [0.2, 0.25) is 0 Å². The van der Waals surface area contributed by atoms with E-state index < -0.39 is 12.7 Å². The molecule has 0 radical (unpaired) electrons. The molecule has 0 saturated heterocycles. The first-order valence-corrected chi connectivity index (χ1v) is 7.64. The minimum absolute atomic E-state index is 0. The molecule has 0 heterocycles.